The van der Waals surface area contributed by atoms with E-state index >= 15 is 0 Å². The van der Waals surface area contributed by atoms with E-state index < -0.39 is 0 Å². The zero-order valence-electron chi connectivity index (χ0n) is 13.4. The molecule has 2 rings (SSSR count). The van der Waals surface area contributed by atoms with Crippen molar-refractivity contribution in [2.45, 2.75) is 13.3 Å². The lowest BCUT2D eigenvalue weighted by Crippen LogP contribution is -2.48. The molecule has 0 radical (unpaired) electrons. The first kappa shape index (κ1) is 18.0. The summed E-state index contributed by atoms with van der Waals surface area (Å²) in [5, 5.41) is 0.805. The van der Waals surface area contributed by atoms with Crippen LogP contribution >= 0.6 is 23.2 Å². The maximum absolute atomic E-state index is 12.3. The van der Waals surface area contributed by atoms with Crippen LogP contribution < -0.4 is 4.90 Å². The van der Waals surface area contributed by atoms with E-state index in [1.165, 1.54) is 11.8 Å². The van der Waals surface area contributed by atoms with Crippen LogP contribution in [0.25, 0.3) is 0 Å². The average molecular weight is 358 g/mol. The van der Waals surface area contributed by atoms with Gasteiger partial charge in [-0.1, -0.05) is 29.3 Å². The van der Waals surface area contributed by atoms with Crippen LogP contribution in [0, 0.1) is 0 Å². The van der Waals surface area contributed by atoms with Crippen LogP contribution in [0.4, 0.5) is 5.69 Å². The number of carbonyl (C=O) groups is 2. The molecule has 0 unspecified atom stereocenters. The van der Waals surface area contributed by atoms with Crippen molar-refractivity contribution < 1.29 is 9.59 Å². The predicted octanol–water partition coefficient (Wildman–Crippen LogP) is 2.51. The number of benzene rings is 1. The maximum atomic E-state index is 12.3. The normalized spacial score (nSPS) is 15.6. The van der Waals surface area contributed by atoms with Gasteiger partial charge in [-0.05, 0) is 19.2 Å². The third-order valence-electron chi connectivity index (χ3n) is 3.99. The van der Waals surface area contributed by atoms with Gasteiger partial charge in [0.05, 0.1) is 15.7 Å². The summed E-state index contributed by atoms with van der Waals surface area (Å²) in [5.74, 6) is -0.140. The van der Waals surface area contributed by atoms with Crippen molar-refractivity contribution in [3.8, 4) is 0 Å². The molecule has 1 aromatic carbocycles. The van der Waals surface area contributed by atoms with E-state index in [9.17, 15) is 9.59 Å². The molecule has 1 aromatic rings. The number of halogens is 2. The first-order chi connectivity index (χ1) is 10.9. The fourth-order valence-electron chi connectivity index (χ4n) is 2.59. The van der Waals surface area contributed by atoms with E-state index in [0.717, 1.165) is 26.2 Å². The highest BCUT2D eigenvalue weighted by Crippen LogP contribution is 2.33. The molecular weight excluding hydrogens is 337 g/mol. The summed E-state index contributed by atoms with van der Waals surface area (Å²) in [4.78, 5) is 29.8. The molecule has 0 bridgehead atoms. The highest BCUT2D eigenvalue weighted by molar-refractivity contribution is 6.39. The van der Waals surface area contributed by atoms with Gasteiger partial charge in [0.2, 0.25) is 11.8 Å². The molecule has 0 aromatic heterocycles. The molecule has 1 saturated heterocycles. The summed E-state index contributed by atoms with van der Waals surface area (Å²) in [5.41, 5.74) is 0.467. The van der Waals surface area contributed by atoms with Crippen molar-refractivity contribution in [3.05, 3.63) is 28.2 Å². The van der Waals surface area contributed by atoms with Crippen molar-refractivity contribution in [1.82, 2.24) is 9.80 Å². The van der Waals surface area contributed by atoms with Gasteiger partial charge in [-0.25, -0.2) is 0 Å². The largest absolute Gasteiger partial charge is 0.340 e. The number of amides is 2. The highest BCUT2D eigenvalue weighted by atomic mass is 35.5. The lowest BCUT2D eigenvalue weighted by atomic mass is 10.2. The number of hydrogen-bond donors (Lipinski definition) is 0. The van der Waals surface area contributed by atoms with Crippen LogP contribution in [0.1, 0.15) is 13.3 Å². The molecule has 126 valence electrons. The first-order valence-electron chi connectivity index (χ1n) is 7.58. The minimum absolute atomic E-state index is 0.0486. The molecule has 0 spiro atoms. The molecule has 1 aliphatic heterocycles. The first-order valence-corrected chi connectivity index (χ1v) is 8.34. The zero-order chi connectivity index (χ0) is 17.0. The molecule has 1 aliphatic rings. The molecular formula is C16H21Cl2N3O2. The Morgan fingerprint density at radius 3 is 2.22 bits per heavy atom. The predicted molar refractivity (Wildman–Crippen MR) is 93.2 cm³/mol. The van der Waals surface area contributed by atoms with E-state index in [0.29, 0.717) is 15.7 Å². The van der Waals surface area contributed by atoms with E-state index in [1.54, 1.807) is 18.2 Å². The van der Waals surface area contributed by atoms with Gasteiger partial charge >= 0.3 is 0 Å². The standard InChI is InChI=1S/C16H21Cl2N3O2/c1-12(22)21(16-13(17)4-3-5-14(16)18)7-6-15(23)20-10-8-19(2)9-11-20/h3-5H,6-11H2,1-2H3. The molecule has 0 N–H and O–H groups in total. The Hall–Kier alpha value is -1.30. The van der Waals surface area contributed by atoms with Gasteiger partial charge in [-0.15, -0.1) is 0 Å². The third kappa shape index (κ3) is 4.59. The lowest BCUT2D eigenvalue weighted by molar-refractivity contribution is -0.132. The van der Waals surface area contributed by atoms with Crippen molar-refractivity contribution in [2.24, 2.45) is 0 Å². The summed E-state index contributed by atoms with van der Waals surface area (Å²) < 4.78 is 0. The summed E-state index contributed by atoms with van der Waals surface area (Å²) in [6.45, 7) is 4.91. The van der Waals surface area contributed by atoms with Crippen LogP contribution in [-0.2, 0) is 9.59 Å². The van der Waals surface area contributed by atoms with E-state index in [2.05, 4.69) is 4.90 Å². The molecule has 0 aliphatic carbocycles. The number of rotatable bonds is 4. The van der Waals surface area contributed by atoms with Gasteiger partial charge in [-0.2, -0.15) is 0 Å². The summed E-state index contributed by atoms with van der Waals surface area (Å²) >= 11 is 12.3. The third-order valence-corrected chi connectivity index (χ3v) is 4.60. The molecule has 7 heteroatoms. The minimum atomic E-state index is -0.189. The van der Waals surface area contributed by atoms with Gasteiger partial charge in [0.15, 0.2) is 0 Å². The highest BCUT2D eigenvalue weighted by Gasteiger charge is 2.22. The second-order valence-electron chi connectivity index (χ2n) is 5.67. The Balaban J connectivity index is 2.03. The smallest absolute Gasteiger partial charge is 0.224 e. The van der Waals surface area contributed by atoms with Crippen LogP contribution in [-0.4, -0.2) is 61.4 Å². The Morgan fingerprint density at radius 2 is 1.70 bits per heavy atom. The number of piperazine rings is 1. The topological polar surface area (TPSA) is 43.9 Å². The Kier molecular flexibility index (Phi) is 6.27. The van der Waals surface area contributed by atoms with Crippen molar-refractivity contribution in [1.29, 1.82) is 0 Å². The summed E-state index contributed by atoms with van der Waals surface area (Å²) in [7, 11) is 2.04. The van der Waals surface area contributed by atoms with E-state index in [-0.39, 0.29) is 24.8 Å². The number of hydrogen-bond acceptors (Lipinski definition) is 3. The van der Waals surface area contributed by atoms with E-state index in [4.69, 9.17) is 23.2 Å². The lowest BCUT2D eigenvalue weighted by Gasteiger charge is -2.33. The number of likely N-dealkylation sites (N-methyl/N-ethyl adjacent to an activating group) is 1. The van der Waals surface area contributed by atoms with Gasteiger partial charge in [0.25, 0.3) is 0 Å². The monoisotopic (exact) mass is 357 g/mol. The molecule has 0 saturated carbocycles. The Bertz CT molecular complexity index is 566. The second kappa shape index (κ2) is 7.99. The maximum Gasteiger partial charge on any atom is 0.224 e. The minimum Gasteiger partial charge on any atom is -0.340 e. The van der Waals surface area contributed by atoms with Gasteiger partial charge in [0.1, 0.15) is 0 Å². The summed E-state index contributed by atoms with van der Waals surface area (Å²) in [6.07, 6.45) is 0.255. The van der Waals surface area contributed by atoms with Crippen LogP contribution in [0.15, 0.2) is 18.2 Å². The van der Waals surface area contributed by atoms with Gasteiger partial charge in [0, 0.05) is 46.1 Å². The number of para-hydroxylation sites is 1. The fourth-order valence-corrected chi connectivity index (χ4v) is 3.20. The van der Waals surface area contributed by atoms with Crippen molar-refractivity contribution in [2.75, 3.05) is 44.7 Å². The zero-order valence-corrected chi connectivity index (χ0v) is 14.9. The Morgan fingerprint density at radius 1 is 1.13 bits per heavy atom. The fraction of sp³-hybridized carbons (Fsp3) is 0.500. The van der Waals surface area contributed by atoms with Crippen LogP contribution in [0.3, 0.4) is 0 Å². The number of nitrogens with zero attached hydrogens (tertiary/aromatic N) is 3. The van der Waals surface area contributed by atoms with E-state index in [1.807, 2.05) is 11.9 Å². The van der Waals surface area contributed by atoms with Crippen molar-refractivity contribution >= 4 is 40.7 Å². The Labute approximate surface area is 146 Å². The van der Waals surface area contributed by atoms with Crippen molar-refractivity contribution in [3.63, 3.8) is 0 Å². The SMILES string of the molecule is CC(=O)N(CCC(=O)N1CCN(C)CC1)c1c(Cl)cccc1Cl. The van der Waals surface area contributed by atoms with Crippen LogP contribution in [0.5, 0.6) is 0 Å². The number of anilines is 1. The molecule has 0 atom stereocenters. The molecule has 23 heavy (non-hydrogen) atoms. The molecule has 5 nitrogen and oxygen atoms in total. The molecule has 1 heterocycles. The molecule has 2 amide bonds. The van der Waals surface area contributed by atoms with Gasteiger partial charge < -0.3 is 14.7 Å². The van der Waals surface area contributed by atoms with Gasteiger partial charge in [-0.3, -0.25) is 9.59 Å². The van der Waals surface area contributed by atoms with Crippen LogP contribution in [0.2, 0.25) is 10.0 Å². The summed E-state index contributed by atoms with van der Waals surface area (Å²) in [6, 6.07) is 5.09. The molecule has 1 fully saturated rings. The quantitative estimate of drug-likeness (QED) is 0.831. The number of carbonyl (C=O) groups excluding carboxylic acids is 2. The second-order valence-corrected chi connectivity index (χ2v) is 6.49. The average Bonchev–Trinajstić information content (AvgIpc) is 2.50.